The Kier molecular flexibility index (Phi) is 15.1. The van der Waals surface area contributed by atoms with Gasteiger partial charge in [-0.3, -0.25) is 4.98 Å². The summed E-state index contributed by atoms with van der Waals surface area (Å²) in [6, 6.07) is 10.0. The lowest BCUT2D eigenvalue weighted by Gasteiger charge is -2.21. The van der Waals surface area contributed by atoms with E-state index in [0.717, 1.165) is 63.3 Å². The smallest absolute Gasteiger partial charge is 0.213 e. The van der Waals surface area contributed by atoms with Crippen LogP contribution in [0.15, 0.2) is 36.5 Å². The number of hydrogen-bond donors (Lipinski definition) is 2. The Bertz CT molecular complexity index is 731. The molecule has 2 aliphatic rings. The van der Waals surface area contributed by atoms with Crippen LogP contribution in [0.3, 0.4) is 0 Å². The number of pyridine rings is 2. The van der Waals surface area contributed by atoms with Gasteiger partial charge in [0.1, 0.15) is 6.10 Å². The number of aliphatic hydroxyl groups excluding tert-OH is 1. The fourth-order valence-electron chi connectivity index (χ4n) is 3.67. The van der Waals surface area contributed by atoms with Crippen molar-refractivity contribution in [3.05, 3.63) is 47.9 Å². The first-order chi connectivity index (χ1) is 16.2. The van der Waals surface area contributed by atoms with Crippen LogP contribution >= 0.6 is 0 Å². The molecular formula is C27H46N4O2. The summed E-state index contributed by atoms with van der Waals surface area (Å²) in [5, 5.41) is 13.0. The summed E-state index contributed by atoms with van der Waals surface area (Å²) in [6.07, 6.45) is 6.52. The third-order valence-electron chi connectivity index (χ3n) is 5.43. The third-order valence-corrected chi connectivity index (χ3v) is 5.43. The third kappa shape index (κ3) is 10.5. The van der Waals surface area contributed by atoms with Gasteiger partial charge in [0.15, 0.2) is 0 Å². The quantitative estimate of drug-likeness (QED) is 0.658. The molecule has 1 aliphatic carbocycles. The van der Waals surface area contributed by atoms with Gasteiger partial charge < -0.3 is 20.1 Å². The molecule has 2 aromatic heterocycles. The van der Waals surface area contributed by atoms with Crippen molar-refractivity contribution in [2.75, 3.05) is 31.1 Å². The molecule has 2 aromatic rings. The zero-order valence-corrected chi connectivity index (χ0v) is 21.7. The number of anilines is 1. The number of hydrogen-bond acceptors (Lipinski definition) is 6. The number of aliphatic hydroxyl groups is 1. The van der Waals surface area contributed by atoms with E-state index in [0.29, 0.717) is 5.88 Å². The van der Waals surface area contributed by atoms with E-state index in [-0.39, 0.29) is 12.2 Å². The van der Waals surface area contributed by atoms with E-state index in [2.05, 4.69) is 39.2 Å². The Labute approximate surface area is 201 Å². The highest BCUT2D eigenvalue weighted by Crippen LogP contribution is 2.23. The van der Waals surface area contributed by atoms with Crippen molar-refractivity contribution in [1.29, 1.82) is 0 Å². The molecule has 3 heterocycles. The number of aromatic nitrogens is 2. The monoisotopic (exact) mass is 458 g/mol. The van der Waals surface area contributed by atoms with Crippen LogP contribution in [-0.2, 0) is 6.42 Å². The van der Waals surface area contributed by atoms with E-state index in [1.807, 2.05) is 59.0 Å². The minimum Gasteiger partial charge on any atom is -0.472 e. The van der Waals surface area contributed by atoms with E-state index in [4.69, 9.17) is 4.74 Å². The molecule has 1 saturated heterocycles. The van der Waals surface area contributed by atoms with Gasteiger partial charge in [-0.05, 0) is 63.8 Å². The van der Waals surface area contributed by atoms with Crippen molar-refractivity contribution in [3.63, 3.8) is 0 Å². The molecule has 0 amide bonds. The lowest BCUT2D eigenvalue weighted by atomic mass is 10.2. The SMILES string of the molecule is CC.CC.CCc1cccc(OC2CCCC2O)n1.Cc1ccc(N2CCCNCC2)cn1. The maximum absolute atomic E-state index is 9.62. The maximum atomic E-state index is 9.62. The van der Waals surface area contributed by atoms with Gasteiger partial charge >= 0.3 is 0 Å². The Balaban J connectivity index is 0.000000288. The topological polar surface area (TPSA) is 70.5 Å². The number of rotatable bonds is 4. The number of aryl methyl sites for hydroxylation is 2. The second-order valence-electron chi connectivity index (χ2n) is 7.72. The molecule has 0 aromatic carbocycles. The molecule has 1 saturated carbocycles. The molecule has 6 heteroatoms. The van der Waals surface area contributed by atoms with Gasteiger partial charge in [0.05, 0.1) is 18.0 Å². The number of ether oxygens (including phenoxy) is 1. The highest BCUT2D eigenvalue weighted by molar-refractivity contribution is 5.44. The summed E-state index contributed by atoms with van der Waals surface area (Å²) in [7, 11) is 0. The van der Waals surface area contributed by atoms with Gasteiger partial charge in [0.2, 0.25) is 5.88 Å². The van der Waals surface area contributed by atoms with E-state index in [1.165, 1.54) is 12.1 Å². The molecule has 2 fully saturated rings. The lowest BCUT2D eigenvalue weighted by molar-refractivity contribution is 0.0573. The highest BCUT2D eigenvalue weighted by atomic mass is 16.5. The van der Waals surface area contributed by atoms with Crippen LogP contribution in [0.4, 0.5) is 5.69 Å². The molecule has 4 rings (SSSR count). The summed E-state index contributed by atoms with van der Waals surface area (Å²) >= 11 is 0. The van der Waals surface area contributed by atoms with Gasteiger partial charge in [-0.25, -0.2) is 4.98 Å². The van der Waals surface area contributed by atoms with Crippen molar-refractivity contribution in [3.8, 4) is 5.88 Å². The van der Waals surface area contributed by atoms with Crippen molar-refractivity contribution in [2.45, 2.75) is 85.9 Å². The molecular weight excluding hydrogens is 412 g/mol. The predicted molar refractivity (Wildman–Crippen MR) is 139 cm³/mol. The first-order valence-corrected chi connectivity index (χ1v) is 12.8. The van der Waals surface area contributed by atoms with Gasteiger partial charge in [-0.15, -0.1) is 0 Å². The predicted octanol–water partition coefficient (Wildman–Crippen LogP) is 5.18. The summed E-state index contributed by atoms with van der Waals surface area (Å²) in [5.74, 6) is 0.639. The fraction of sp³-hybridized carbons (Fsp3) is 0.630. The Morgan fingerprint density at radius 1 is 1.03 bits per heavy atom. The van der Waals surface area contributed by atoms with Crippen LogP contribution in [0.25, 0.3) is 0 Å². The molecule has 2 N–H and O–H groups in total. The minimum absolute atomic E-state index is 0.0652. The Hall–Kier alpha value is -2.18. The van der Waals surface area contributed by atoms with Crippen molar-refractivity contribution in [1.82, 2.24) is 15.3 Å². The fourth-order valence-corrected chi connectivity index (χ4v) is 3.67. The van der Waals surface area contributed by atoms with Crippen LogP contribution in [0.2, 0.25) is 0 Å². The maximum Gasteiger partial charge on any atom is 0.213 e. The summed E-state index contributed by atoms with van der Waals surface area (Å²) in [5.41, 5.74) is 3.36. The number of nitrogens with one attached hydrogen (secondary N) is 1. The van der Waals surface area contributed by atoms with E-state index in [1.54, 1.807) is 0 Å². The average Bonchev–Trinajstić information content (AvgIpc) is 3.10. The van der Waals surface area contributed by atoms with E-state index >= 15 is 0 Å². The van der Waals surface area contributed by atoms with Crippen molar-refractivity contribution in [2.24, 2.45) is 0 Å². The summed E-state index contributed by atoms with van der Waals surface area (Å²) < 4.78 is 5.67. The van der Waals surface area contributed by atoms with Crippen LogP contribution in [0, 0.1) is 6.92 Å². The first kappa shape index (κ1) is 28.9. The van der Waals surface area contributed by atoms with Gasteiger partial charge in [-0.1, -0.05) is 40.7 Å². The molecule has 0 bridgehead atoms. The Morgan fingerprint density at radius 3 is 2.45 bits per heavy atom. The van der Waals surface area contributed by atoms with Gasteiger partial charge in [0, 0.05) is 37.1 Å². The lowest BCUT2D eigenvalue weighted by Crippen LogP contribution is -2.27. The molecule has 33 heavy (non-hydrogen) atoms. The number of nitrogens with zero attached hydrogens (tertiary/aromatic N) is 3. The second-order valence-corrected chi connectivity index (χ2v) is 7.72. The molecule has 186 valence electrons. The molecule has 0 radical (unpaired) electrons. The van der Waals surface area contributed by atoms with Crippen molar-refractivity contribution < 1.29 is 9.84 Å². The standard InChI is InChI=1S/C12H17NO2.C11H17N3.2C2H6/c1-2-9-5-3-8-12(13-9)15-11-7-4-6-10(11)14;1-10-3-4-11(9-13-10)14-7-2-5-12-6-8-14;2*1-2/h3,5,8,10-11,14H,2,4,6-7H2,1H3;3-4,9,12H,2,5-8H2,1H3;2*1-2H3. The van der Waals surface area contributed by atoms with Crippen LogP contribution in [0.1, 0.15) is 71.7 Å². The molecule has 2 atom stereocenters. The minimum atomic E-state index is -0.322. The summed E-state index contributed by atoms with van der Waals surface area (Å²) in [6.45, 7) is 16.5. The summed E-state index contributed by atoms with van der Waals surface area (Å²) in [4.78, 5) is 11.1. The van der Waals surface area contributed by atoms with E-state index in [9.17, 15) is 5.11 Å². The van der Waals surface area contributed by atoms with Crippen LogP contribution in [0.5, 0.6) is 5.88 Å². The molecule has 0 spiro atoms. The normalized spacial score (nSPS) is 19.5. The Morgan fingerprint density at radius 2 is 1.82 bits per heavy atom. The van der Waals surface area contributed by atoms with Crippen molar-refractivity contribution >= 4 is 5.69 Å². The zero-order valence-electron chi connectivity index (χ0n) is 21.7. The van der Waals surface area contributed by atoms with Gasteiger partial charge in [0.25, 0.3) is 0 Å². The largest absolute Gasteiger partial charge is 0.472 e. The first-order valence-electron chi connectivity index (χ1n) is 12.8. The van der Waals surface area contributed by atoms with Crippen LogP contribution in [-0.4, -0.2) is 53.5 Å². The molecule has 2 unspecified atom stereocenters. The molecule has 1 aliphatic heterocycles. The van der Waals surface area contributed by atoms with Crippen LogP contribution < -0.4 is 15.0 Å². The molecule has 6 nitrogen and oxygen atoms in total. The second kappa shape index (κ2) is 17.3. The average molecular weight is 459 g/mol. The van der Waals surface area contributed by atoms with E-state index < -0.39 is 0 Å². The van der Waals surface area contributed by atoms with Gasteiger partial charge in [-0.2, -0.15) is 0 Å². The zero-order chi connectivity index (χ0) is 24.5. The highest BCUT2D eigenvalue weighted by Gasteiger charge is 2.27.